The van der Waals surface area contributed by atoms with Crippen molar-refractivity contribution in [3.63, 3.8) is 0 Å². The molecule has 1 aromatic carbocycles. The van der Waals surface area contributed by atoms with E-state index in [1.165, 1.54) is 0 Å². The van der Waals surface area contributed by atoms with Crippen LogP contribution in [0.4, 0.5) is 0 Å². The van der Waals surface area contributed by atoms with Gasteiger partial charge in [-0.25, -0.2) is 8.42 Å². The van der Waals surface area contributed by atoms with Crippen LogP contribution in [0.5, 0.6) is 0 Å². The fraction of sp³-hybridized carbons (Fsp3) is 0.650. The summed E-state index contributed by atoms with van der Waals surface area (Å²) < 4.78 is 27.4. The number of hydrogen-bond acceptors (Lipinski definition) is 4. The van der Waals surface area contributed by atoms with Crippen molar-refractivity contribution in [3.05, 3.63) is 29.8 Å². The number of amides is 1. The lowest BCUT2D eigenvalue weighted by Crippen LogP contribution is -2.42. The Morgan fingerprint density at radius 1 is 1.07 bits per heavy atom. The van der Waals surface area contributed by atoms with Crippen LogP contribution in [0.25, 0.3) is 0 Å². The van der Waals surface area contributed by atoms with Crippen molar-refractivity contribution in [1.29, 1.82) is 0 Å². The van der Waals surface area contributed by atoms with Crippen molar-refractivity contribution in [2.24, 2.45) is 5.92 Å². The third kappa shape index (κ3) is 4.52. The third-order valence-electron chi connectivity index (χ3n) is 5.84. The number of carbonyl (C=O) groups is 1. The first-order valence-corrected chi connectivity index (χ1v) is 11.4. The highest BCUT2D eigenvalue weighted by Gasteiger charge is 2.31. The molecule has 1 amide bonds. The van der Waals surface area contributed by atoms with Gasteiger partial charge in [-0.05, 0) is 76.4 Å². The summed E-state index contributed by atoms with van der Waals surface area (Å²) in [6, 6.07) is 6.51. The number of rotatable bonds is 5. The number of nitrogens with one attached hydrogen (secondary N) is 1. The molecular formula is C20H31N3O3S. The van der Waals surface area contributed by atoms with Gasteiger partial charge < -0.3 is 10.2 Å². The number of hydrogen-bond donors (Lipinski definition) is 1. The Morgan fingerprint density at radius 2 is 1.74 bits per heavy atom. The van der Waals surface area contributed by atoms with Crippen LogP contribution in [-0.4, -0.2) is 62.8 Å². The molecule has 2 aliphatic rings. The minimum Gasteiger partial charge on any atom is -0.339 e. The lowest BCUT2D eigenvalue weighted by atomic mass is 9.96. The average Bonchev–Trinajstić information content (AvgIpc) is 2.68. The predicted molar refractivity (Wildman–Crippen MR) is 106 cm³/mol. The Bertz CT molecular complexity index is 740. The summed E-state index contributed by atoms with van der Waals surface area (Å²) in [7, 11) is -1.53. The molecule has 2 heterocycles. The van der Waals surface area contributed by atoms with Gasteiger partial charge in [-0.3, -0.25) is 4.79 Å². The molecule has 27 heavy (non-hydrogen) atoms. The van der Waals surface area contributed by atoms with E-state index in [2.05, 4.69) is 5.32 Å². The van der Waals surface area contributed by atoms with Crippen LogP contribution in [0.1, 0.15) is 49.4 Å². The molecule has 1 N–H and O–H groups in total. The van der Waals surface area contributed by atoms with Crippen molar-refractivity contribution in [3.8, 4) is 0 Å². The van der Waals surface area contributed by atoms with Crippen LogP contribution >= 0.6 is 0 Å². The van der Waals surface area contributed by atoms with E-state index in [4.69, 9.17) is 0 Å². The number of likely N-dealkylation sites (tertiary alicyclic amines) is 1. The second kappa shape index (κ2) is 8.71. The molecule has 1 aromatic rings. The van der Waals surface area contributed by atoms with Gasteiger partial charge in [0.25, 0.3) is 5.91 Å². The first kappa shape index (κ1) is 20.3. The lowest BCUT2D eigenvalue weighted by Gasteiger charge is -2.32. The molecule has 0 spiro atoms. The van der Waals surface area contributed by atoms with E-state index >= 15 is 0 Å². The largest absolute Gasteiger partial charge is 0.339 e. The fourth-order valence-electron chi connectivity index (χ4n) is 4.15. The summed E-state index contributed by atoms with van der Waals surface area (Å²) in [5.74, 6) is 0.617. The summed E-state index contributed by atoms with van der Waals surface area (Å²) in [4.78, 5) is 14.9. The Morgan fingerprint density at radius 3 is 2.33 bits per heavy atom. The summed E-state index contributed by atoms with van der Waals surface area (Å²) in [5, 5.41) is 3.20. The number of piperidine rings is 2. The average molecular weight is 394 g/mol. The van der Waals surface area contributed by atoms with Gasteiger partial charge in [0.1, 0.15) is 0 Å². The van der Waals surface area contributed by atoms with E-state index in [0.717, 1.165) is 51.7 Å². The Balaban J connectivity index is 1.67. The van der Waals surface area contributed by atoms with Gasteiger partial charge in [0.2, 0.25) is 10.0 Å². The third-order valence-corrected chi connectivity index (χ3v) is 7.87. The molecule has 1 atom stereocenters. The zero-order valence-corrected chi connectivity index (χ0v) is 17.2. The Hall–Kier alpha value is -1.44. The highest BCUT2D eigenvalue weighted by atomic mass is 32.2. The molecule has 0 bridgehead atoms. The first-order valence-electron chi connectivity index (χ1n) is 9.99. The minimum atomic E-state index is -3.49. The molecular weight excluding hydrogens is 362 g/mol. The van der Waals surface area contributed by atoms with Crippen molar-refractivity contribution in [1.82, 2.24) is 14.5 Å². The highest BCUT2D eigenvalue weighted by Crippen LogP contribution is 2.26. The van der Waals surface area contributed by atoms with Crippen LogP contribution in [0.2, 0.25) is 0 Å². The molecule has 0 aliphatic carbocycles. The van der Waals surface area contributed by atoms with Crippen LogP contribution < -0.4 is 5.32 Å². The summed E-state index contributed by atoms with van der Waals surface area (Å²) >= 11 is 0. The van der Waals surface area contributed by atoms with Crippen molar-refractivity contribution in [2.45, 2.75) is 50.0 Å². The van der Waals surface area contributed by atoms with Crippen LogP contribution in [-0.2, 0) is 10.0 Å². The zero-order chi connectivity index (χ0) is 19.4. The Labute approximate surface area is 163 Å². The van der Waals surface area contributed by atoms with Crippen molar-refractivity contribution < 1.29 is 13.2 Å². The molecule has 0 saturated carbocycles. The maximum atomic E-state index is 12.9. The second-order valence-electron chi connectivity index (χ2n) is 7.78. The van der Waals surface area contributed by atoms with E-state index in [0.29, 0.717) is 18.0 Å². The summed E-state index contributed by atoms with van der Waals surface area (Å²) in [6.07, 6.45) is 4.90. The number of carbonyl (C=O) groups excluding carboxylic acids is 1. The zero-order valence-electron chi connectivity index (χ0n) is 16.4. The highest BCUT2D eigenvalue weighted by molar-refractivity contribution is 7.89. The molecule has 7 heteroatoms. The molecule has 3 rings (SSSR count). The second-order valence-corrected chi connectivity index (χ2v) is 9.67. The number of nitrogens with zero attached hydrogens (tertiary/aromatic N) is 2. The van der Waals surface area contributed by atoms with E-state index in [1.807, 2.05) is 18.9 Å². The van der Waals surface area contributed by atoms with E-state index in [9.17, 15) is 13.2 Å². The van der Waals surface area contributed by atoms with Gasteiger partial charge >= 0.3 is 0 Å². The number of benzene rings is 1. The number of sulfonamides is 1. The van der Waals surface area contributed by atoms with Crippen LogP contribution in [0.15, 0.2) is 29.2 Å². The Kier molecular flexibility index (Phi) is 6.55. The van der Waals surface area contributed by atoms with E-state index in [-0.39, 0.29) is 16.8 Å². The standard InChI is InChI=1S/C20H31N3O3S/c1-16-5-3-4-12-23(16)27(25,26)19-8-6-18(7-9-19)20(24)22-13-10-17(11-14-22)15-21-2/h6-9,16-17,21H,3-5,10-15H2,1-2H3. The topological polar surface area (TPSA) is 69.7 Å². The first-order chi connectivity index (χ1) is 12.9. The fourth-order valence-corrected chi connectivity index (χ4v) is 5.84. The maximum absolute atomic E-state index is 12.9. The smallest absolute Gasteiger partial charge is 0.253 e. The molecule has 0 aromatic heterocycles. The van der Waals surface area contributed by atoms with Gasteiger partial charge in [-0.2, -0.15) is 4.31 Å². The SMILES string of the molecule is CNCC1CCN(C(=O)c2ccc(S(=O)(=O)N3CCCCC3C)cc2)CC1. The summed E-state index contributed by atoms with van der Waals surface area (Å²) in [6.45, 7) is 5.05. The van der Waals surface area contributed by atoms with Crippen molar-refractivity contribution >= 4 is 15.9 Å². The molecule has 1 unspecified atom stereocenters. The molecule has 2 aliphatic heterocycles. The molecule has 0 radical (unpaired) electrons. The van der Waals surface area contributed by atoms with E-state index in [1.54, 1.807) is 28.6 Å². The maximum Gasteiger partial charge on any atom is 0.253 e. The van der Waals surface area contributed by atoms with Gasteiger partial charge in [0, 0.05) is 31.2 Å². The van der Waals surface area contributed by atoms with Gasteiger partial charge in [-0.15, -0.1) is 0 Å². The summed E-state index contributed by atoms with van der Waals surface area (Å²) in [5.41, 5.74) is 0.563. The molecule has 150 valence electrons. The lowest BCUT2D eigenvalue weighted by molar-refractivity contribution is 0.0691. The van der Waals surface area contributed by atoms with E-state index < -0.39 is 10.0 Å². The molecule has 2 fully saturated rings. The quantitative estimate of drug-likeness (QED) is 0.834. The van der Waals surface area contributed by atoms with Gasteiger partial charge in [0.15, 0.2) is 0 Å². The van der Waals surface area contributed by atoms with Crippen LogP contribution in [0.3, 0.4) is 0 Å². The molecule has 6 nitrogen and oxygen atoms in total. The van der Waals surface area contributed by atoms with Crippen molar-refractivity contribution in [2.75, 3.05) is 33.2 Å². The minimum absolute atomic E-state index is 0.00630. The van der Waals surface area contributed by atoms with Crippen LogP contribution in [0, 0.1) is 5.92 Å². The monoisotopic (exact) mass is 393 g/mol. The normalized spacial score (nSPS) is 22.7. The van der Waals surface area contributed by atoms with Gasteiger partial charge in [0.05, 0.1) is 4.90 Å². The predicted octanol–water partition coefficient (Wildman–Crippen LogP) is 2.32. The van der Waals surface area contributed by atoms with Gasteiger partial charge in [-0.1, -0.05) is 6.42 Å². The molecule has 2 saturated heterocycles.